The number of nitrogens with one attached hydrogen (secondary N) is 1. The summed E-state index contributed by atoms with van der Waals surface area (Å²) in [6.07, 6.45) is 1.64. The van der Waals surface area contributed by atoms with Crippen molar-refractivity contribution in [3.8, 4) is 0 Å². The lowest BCUT2D eigenvalue weighted by Gasteiger charge is -2.06. The number of thiazole rings is 1. The number of hydrogen-bond acceptors (Lipinski definition) is 3. The molecule has 1 heterocycles. The first-order valence-electron chi connectivity index (χ1n) is 7.15. The number of hydrogen-bond donors (Lipinski definition) is 1. The molecule has 0 saturated heterocycles. The van der Waals surface area contributed by atoms with Gasteiger partial charge in [-0.1, -0.05) is 50.0 Å². The molecule has 21 heavy (non-hydrogen) atoms. The summed E-state index contributed by atoms with van der Waals surface area (Å²) in [6, 6.07) is 6.08. The van der Waals surface area contributed by atoms with Gasteiger partial charge in [-0.25, -0.2) is 4.98 Å². The normalized spacial score (nSPS) is 11.3. The van der Waals surface area contributed by atoms with Crippen LogP contribution in [-0.2, 0) is 19.4 Å². The molecule has 2 nitrogen and oxygen atoms in total. The number of nitrogens with zero attached hydrogens (tertiary/aromatic N) is 1. The van der Waals surface area contributed by atoms with Crippen molar-refractivity contribution in [2.45, 2.75) is 46.2 Å². The average Bonchev–Trinajstić information content (AvgIpc) is 2.83. The fourth-order valence-corrected chi connectivity index (χ4v) is 3.73. The van der Waals surface area contributed by atoms with Gasteiger partial charge in [0.05, 0.1) is 10.7 Å². The summed E-state index contributed by atoms with van der Waals surface area (Å²) in [6.45, 7) is 7.31. The molecule has 0 fully saturated rings. The van der Waals surface area contributed by atoms with Crippen molar-refractivity contribution < 1.29 is 0 Å². The Labute approximate surface area is 140 Å². The zero-order chi connectivity index (χ0) is 15.4. The van der Waals surface area contributed by atoms with Gasteiger partial charge in [0.25, 0.3) is 0 Å². The van der Waals surface area contributed by atoms with E-state index in [0.717, 1.165) is 23.5 Å². The molecule has 5 heteroatoms. The highest BCUT2D eigenvalue weighted by Gasteiger charge is 2.13. The van der Waals surface area contributed by atoms with Gasteiger partial charge in [0.1, 0.15) is 0 Å². The first-order chi connectivity index (χ1) is 10.0. The van der Waals surface area contributed by atoms with E-state index in [4.69, 9.17) is 28.2 Å². The Morgan fingerprint density at radius 3 is 2.48 bits per heavy atom. The van der Waals surface area contributed by atoms with Crippen molar-refractivity contribution in [1.82, 2.24) is 10.3 Å². The smallest absolute Gasteiger partial charge is 0.0976 e. The van der Waals surface area contributed by atoms with Crippen LogP contribution in [0.1, 0.15) is 41.9 Å². The molecule has 1 aromatic carbocycles. The number of aryl methyl sites for hydroxylation is 1. The molecule has 0 unspecified atom stereocenters. The second-order valence-corrected chi connectivity index (χ2v) is 7.23. The van der Waals surface area contributed by atoms with Crippen LogP contribution >= 0.6 is 34.5 Å². The summed E-state index contributed by atoms with van der Waals surface area (Å²) in [7, 11) is 0. The topological polar surface area (TPSA) is 24.9 Å². The molecule has 114 valence electrons. The molecule has 0 aliphatic rings. The molecular weight excluding hydrogens is 323 g/mol. The zero-order valence-corrected chi connectivity index (χ0v) is 14.9. The minimum atomic E-state index is 0.471. The Morgan fingerprint density at radius 2 is 1.90 bits per heavy atom. The van der Waals surface area contributed by atoms with Crippen LogP contribution in [0.25, 0.3) is 0 Å². The van der Waals surface area contributed by atoms with Gasteiger partial charge in [-0.3, -0.25) is 0 Å². The van der Waals surface area contributed by atoms with Crippen LogP contribution in [0, 0.1) is 0 Å². The van der Waals surface area contributed by atoms with Gasteiger partial charge >= 0.3 is 0 Å². The summed E-state index contributed by atoms with van der Waals surface area (Å²) in [5.41, 5.74) is 2.13. The van der Waals surface area contributed by atoms with E-state index in [1.807, 2.05) is 18.2 Å². The quantitative estimate of drug-likeness (QED) is 0.789. The van der Waals surface area contributed by atoms with E-state index < -0.39 is 0 Å². The average molecular weight is 343 g/mol. The second kappa shape index (κ2) is 7.59. The largest absolute Gasteiger partial charge is 0.310 e. The van der Waals surface area contributed by atoms with Gasteiger partial charge in [0, 0.05) is 33.9 Å². The maximum absolute atomic E-state index is 6.24. The maximum Gasteiger partial charge on any atom is 0.0976 e. The van der Waals surface area contributed by atoms with Crippen molar-refractivity contribution in [3.63, 3.8) is 0 Å². The molecule has 0 atom stereocenters. The number of halogens is 2. The number of rotatable bonds is 6. The molecule has 1 N–H and O–H groups in total. The molecular formula is C16H20Cl2N2S. The summed E-state index contributed by atoms with van der Waals surface area (Å²) in [5.74, 6) is 0. The van der Waals surface area contributed by atoms with Gasteiger partial charge in [0.2, 0.25) is 0 Å². The molecule has 0 saturated carbocycles. The molecule has 2 rings (SSSR count). The van der Waals surface area contributed by atoms with E-state index in [1.54, 1.807) is 11.3 Å². The van der Waals surface area contributed by atoms with Gasteiger partial charge in [-0.05, 0) is 24.1 Å². The predicted molar refractivity (Wildman–Crippen MR) is 92.7 cm³/mol. The molecule has 2 aromatic rings. The van der Waals surface area contributed by atoms with Crippen molar-refractivity contribution in [1.29, 1.82) is 0 Å². The predicted octanol–water partition coefficient (Wildman–Crippen LogP) is 5.10. The monoisotopic (exact) mass is 342 g/mol. The van der Waals surface area contributed by atoms with E-state index in [1.165, 1.54) is 10.6 Å². The SMILES string of the molecule is CCc1nc(Cc2c(Cl)cccc2Cl)sc1CNC(C)C. The third-order valence-electron chi connectivity index (χ3n) is 3.22. The van der Waals surface area contributed by atoms with E-state index in [-0.39, 0.29) is 0 Å². The lowest BCUT2D eigenvalue weighted by atomic mass is 10.1. The highest BCUT2D eigenvalue weighted by atomic mass is 35.5. The van der Waals surface area contributed by atoms with Gasteiger partial charge < -0.3 is 5.32 Å². The van der Waals surface area contributed by atoms with Crippen LogP contribution < -0.4 is 5.32 Å². The molecule has 1 aromatic heterocycles. The fourth-order valence-electron chi connectivity index (χ4n) is 2.08. The number of benzene rings is 1. The summed E-state index contributed by atoms with van der Waals surface area (Å²) >= 11 is 14.2. The molecule has 0 amide bonds. The molecule has 0 spiro atoms. The first kappa shape index (κ1) is 16.8. The van der Waals surface area contributed by atoms with Crippen molar-refractivity contribution >= 4 is 34.5 Å². The van der Waals surface area contributed by atoms with Gasteiger partial charge in [0.15, 0.2) is 0 Å². The maximum atomic E-state index is 6.24. The Bertz CT molecular complexity index is 588. The minimum absolute atomic E-state index is 0.471. The van der Waals surface area contributed by atoms with Crippen molar-refractivity contribution in [3.05, 3.63) is 49.4 Å². The summed E-state index contributed by atoms with van der Waals surface area (Å²) in [5, 5.41) is 5.94. The second-order valence-electron chi connectivity index (χ2n) is 5.24. The van der Waals surface area contributed by atoms with E-state index >= 15 is 0 Å². The zero-order valence-electron chi connectivity index (χ0n) is 12.5. The van der Waals surface area contributed by atoms with E-state index in [9.17, 15) is 0 Å². The number of aromatic nitrogens is 1. The Kier molecular flexibility index (Phi) is 6.06. The van der Waals surface area contributed by atoms with Crippen molar-refractivity contribution in [2.75, 3.05) is 0 Å². The van der Waals surface area contributed by atoms with E-state index in [2.05, 4.69) is 26.1 Å². The summed E-state index contributed by atoms with van der Waals surface area (Å²) < 4.78 is 0. The van der Waals surface area contributed by atoms with Crippen LogP contribution in [0.5, 0.6) is 0 Å². The summed E-state index contributed by atoms with van der Waals surface area (Å²) in [4.78, 5) is 6.05. The Hall–Kier alpha value is -0.610. The molecule has 0 bridgehead atoms. The standard InChI is InChI=1S/C16H20Cl2N2S/c1-4-14-15(9-19-10(2)3)21-16(20-14)8-11-12(17)6-5-7-13(11)18/h5-7,10,19H,4,8-9H2,1-3H3. The van der Waals surface area contributed by atoms with Gasteiger partial charge in [-0.15, -0.1) is 11.3 Å². The van der Waals surface area contributed by atoms with Gasteiger partial charge in [-0.2, -0.15) is 0 Å². The first-order valence-corrected chi connectivity index (χ1v) is 8.72. The van der Waals surface area contributed by atoms with Crippen molar-refractivity contribution in [2.24, 2.45) is 0 Å². The third kappa shape index (κ3) is 4.43. The molecule has 0 radical (unpaired) electrons. The van der Waals surface area contributed by atoms with Crippen LogP contribution in [-0.4, -0.2) is 11.0 Å². The Morgan fingerprint density at radius 1 is 1.24 bits per heavy atom. The highest BCUT2D eigenvalue weighted by molar-refractivity contribution is 7.11. The minimum Gasteiger partial charge on any atom is -0.310 e. The van der Waals surface area contributed by atoms with Crippen LogP contribution in [0.3, 0.4) is 0 Å². The fraction of sp³-hybridized carbons (Fsp3) is 0.438. The Balaban J connectivity index is 2.21. The highest BCUT2D eigenvalue weighted by Crippen LogP contribution is 2.29. The van der Waals surface area contributed by atoms with Crippen LogP contribution in [0.4, 0.5) is 0 Å². The molecule has 0 aliphatic heterocycles. The van der Waals surface area contributed by atoms with Crippen LogP contribution in [0.2, 0.25) is 10.0 Å². The molecule has 0 aliphatic carbocycles. The lowest BCUT2D eigenvalue weighted by molar-refractivity contribution is 0.590. The lowest BCUT2D eigenvalue weighted by Crippen LogP contribution is -2.21. The van der Waals surface area contributed by atoms with Crippen LogP contribution in [0.15, 0.2) is 18.2 Å². The third-order valence-corrected chi connectivity index (χ3v) is 5.02. The van der Waals surface area contributed by atoms with E-state index in [0.29, 0.717) is 22.5 Å².